The van der Waals surface area contributed by atoms with Crippen molar-refractivity contribution in [1.82, 2.24) is 5.43 Å². The molecule has 0 radical (unpaired) electrons. The van der Waals surface area contributed by atoms with E-state index in [1.807, 2.05) is 0 Å². The molecule has 2 rings (SSSR count). The van der Waals surface area contributed by atoms with Gasteiger partial charge in [0.25, 0.3) is 0 Å². The van der Waals surface area contributed by atoms with Crippen LogP contribution in [0.1, 0.15) is 32.1 Å². The van der Waals surface area contributed by atoms with Crippen molar-refractivity contribution >= 4 is 5.91 Å². The number of hydrogen-bond acceptors (Lipinski definition) is 2. The fourth-order valence-corrected chi connectivity index (χ4v) is 2.66. The lowest BCUT2D eigenvalue weighted by Crippen LogP contribution is -2.41. The number of carbonyl (C=O) groups is 1. The minimum atomic E-state index is -0.0561. The van der Waals surface area contributed by atoms with Gasteiger partial charge in [-0.2, -0.15) is 0 Å². The summed E-state index contributed by atoms with van der Waals surface area (Å²) in [5, 5.41) is 0. The van der Waals surface area contributed by atoms with Crippen molar-refractivity contribution in [3.63, 3.8) is 0 Å². The van der Waals surface area contributed by atoms with Crippen LogP contribution in [-0.4, -0.2) is 5.91 Å². The van der Waals surface area contributed by atoms with Gasteiger partial charge in [-0.25, -0.2) is 5.84 Å². The number of nitrogens with one attached hydrogen (secondary N) is 1. The van der Waals surface area contributed by atoms with Gasteiger partial charge >= 0.3 is 0 Å². The van der Waals surface area contributed by atoms with Crippen molar-refractivity contribution in [1.29, 1.82) is 0 Å². The highest BCUT2D eigenvalue weighted by atomic mass is 16.2. The topological polar surface area (TPSA) is 55.1 Å². The van der Waals surface area contributed by atoms with Crippen molar-refractivity contribution in [2.45, 2.75) is 32.1 Å². The summed E-state index contributed by atoms with van der Waals surface area (Å²) >= 11 is 0. The first-order valence-corrected chi connectivity index (χ1v) is 4.28. The number of rotatable bonds is 1. The summed E-state index contributed by atoms with van der Waals surface area (Å²) in [6.07, 6.45) is 5.65. The summed E-state index contributed by atoms with van der Waals surface area (Å²) in [4.78, 5) is 11.4. The molecular weight excluding hydrogens is 140 g/mol. The number of carbonyl (C=O) groups excluding carboxylic acids is 1. The Balaban J connectivity index is 2.16. The van der Waals surface area contributed by atoms with Crippen LogP contribution in [0.5, 0.6) is 0 Å². The van der Waals surface area contributed by atoms with Gasteiger partial charge in [0.1, 0.15) is 0 Å². The lowest BCUT2D eigenvalue weighted by atomic mass is 9.84. The van der Waals surface area contributed by atoms with Crippen LogP contribution in [0, 0.1) is 11.3 Å². The minimum Gasteiger partial charge on any atom is -0.294 e. The van der Waals surface area contributed by atoms with Crippen molar-refractivity contribution < 1.29 is 4.79 Å². The highest BCUT2D eigenvalue weighted by molar-refractivity contribution is 5.82. The van der Waals surface area contributed by atoms with Crippen LogP contribution in [0.25, 0.3) is 0 Å². The largest absolute Gasteiger partial charge is 0.294 e. The van der Waals surface area contributed by atoms with Crippen LogP contribution in [0.15, 0.2) is 0 Å². The molecule has 1 amide bonds. The number of hydrogen-bond donors (Lipinski definition) is 2. The molecule has 0 unspecified atom stereocenters. The summed E-state index contributed by atoms with van der Waals surface area (Å²) < 4.78 is 0. The third-order valence-corrected chi connectivity index (χ3v) is 3.35. The Bertz CT molecular complexity index is 183. The Labute approximate surface area is 66.3 Å². The molecule has 0 aliphatic heterocycles. The molecule has 0 aromatic heterocycles. The molecule has 62 valence electrons. The molecule has 0 spiro atoms. The Kier molecular flexibility index (Phi) is 1.42. The van der Waals surface area contributed by atoms with Gasteiger partial charge in [-0.3, -0.25) is 10.2 Å². The van der Waals surface area contributed by atoms with E-state index in [4.69, 9.17) is 5.84 Å². The van der Waals surface area contributed by atoms with E-state index in [1.165, 1.54) is 12.8 Å². The number of nitrogens with two attached hydrogens (primary N) is 1. The molecule has 2 bridgehead atoms. The highest BCUT2D eigenvalue weighted by Gasteiger charge is 2.49. The molecule has 0 atom stereocenters. The van der Waals surface area contributed by atoms with Crippen LogP contribution in [0.2, 0.25) is 0 Å². The number of amides is 1. The fourth-order valence-electron chi connectivity index (χ4n) is 2.66. The number of fused-ring (bicyclic) bond motifs is 2. The molecule has 3 nitrogen and oxygen atoms in total. The normalized spacial score (nSPS) is 41.0. The van der Waals surface area contributed by atoms with E-state index in [0.717, 1.165) is 25.2 Å². The zero-order chi connectivity index (χ0) is 7.90. The average Bonchev–Trinajstić information content (AvgIpc) is 2.62. The average molecular weight is 154 g/mol. The third kappa shape index (κ3) is 0.872. The third-order valence-electron chi connectivity index (χ3n) is 3.35. The first kappa shape index (κ1) is 7.10. The molecule has 3 N–H and O–H groups in total. The van der Waals surface area contributed by atoms with Crippen molar-refractivity contribution in [3.8, 4) is 0 Å². The van der Waals surface area contributed by atoms with Crippen molar-refractivity contribution in [3.05, 3.63) is 0 Å². The van der Waals surface area contributed by atoms with E-state index in [-0.39, 0.29) is 11.3 Å². The Morgan fingerprint density at radius 2 is 2.09 bits per heavy atom. The molecule has 11 heavy (non-hydrogen) atoms. The maximum absolute atomic E-state index is 11.4. The standard InChI is InChI=1S/C8H14N2O/c9-10-7(11)8-3-1-6(5-8)2-4-8/h6H,1-5,9H2,(H,10,11). The predicted octanol–water partition coefficient (Wildman–Crippen LogP) is 0.557. The van der Waals surface area contributed by atoms with Gasteiger partial charge in [-0.15, -0.1) is 0 Å². The molecule has 0 aromatic rings. The van der Waals surface area contributed by atoms with Gasteiger partial charge in [0.05, 0.1) is 5.41 Å². The second-order valence-electron chi connectivity index (χ2n) is 3.90. The molecule has 2 aliphatic carbocycles. The van der Waals surface area contributed by atoms with Crippen LogP contribution in [0.4, 0.5) is 0 Å². The number of hydrazine groups is 1. The Morgan fingerprint density at radius 1 is 1.45 bits per heavy atom. The van der Waals surface area contributed by atoms with Crippen LogP contribution in [0.3, 0.4) is 0 Å². The Morgan fingerprint density at radius 3 is 2.45 bits per heavy atom. The maximum Gasteiger partial charge on any atom is 0.240 e. The first-order chi connectivity index (χ1) is 5.27. The van der Waals surface area contributed by atoms with Crippen molar-refractivity contribution in [2.75, 3.05) is 0 Å². The summed E-state index contributed by atoms with van der Waals surface area (Å²) in [6, 6.07) is 0. The quantitative estimate of drug-likeness (QED) is 0.329. The summed E-state index contributed by atoms with van der Waals surface area (Å²) in [6.45, 7) is 0. The molecule has 2 fully saturated rings. The van der Waals surface area contributed by atoms with Crippen LogP contribution in [-0.2, 0) is 4.79 Å². The van der Waals surface area contributed by atoms with E-state index in [0.29, 0.717) is 0 Å². The molecule has 2 saturated carbocycles. The second kappa shape index (κ2) is 2.21. The zero-order valence-electron chi connectivity index (χ0n) is 6.60. The van der Waals surface area contributed by atoms with E-state index in [2.05, 4.69) is 5.43 Å². The fraction of sp³-hybridized carbons (Fsp3) is 0.875. The summed E-state index contributed by atoms with van der Waals surface area (Å²) in [5.74, 6) is 6.01. The molecule has 2 aliphatic rings. The molecular formula is C8H14N2O. The SMILES string of the molecule is NNC(=O)C12CCC(CC1)C2. The van der Waals surface area contributed by atoms with E-state index >= 15 is 0 Å². The lowest BCUT2D eigenvalue weighted by molar-refractivity contribution is -0.130. The first-order valence-electron chi connectivity index (χ1n) is 4.28. The maximum atomic E-state index is 11.4. The van der Waals surface area contributed by atoms with E-state index in [1.54, 1.807) is 0 Å². The summed E-state index contributed by atoms with van der Waals surface area (Å²) in [7, 11) is 0. The highest BCUT2D eigenvalue weighted by Crippen LogP contribution is 2.53. The van der Waals surface area contributed by atoms with E-state index < -0.39 is 0 Å². The van der Waals surface area contributed by atoms with Gasteiger partial charge in [0, 0.05) is 0 Å². The zero-order valence-corrected chi connectivity index (χ0v) is 6.60. The van der Waals surface area contributed by atoms with E-state index in [9.17, 15) is 4.79 Å². The van der Waals surface area contributed by atoms with Gasteiger partial charge in [0.2, 0.25) is 5.91 Å². The van der Waals surface area contributed by atoms with Gasteiger partial charge in [0.15, 0.2) is 0 Å². The molecule has 0 heterocycles. The molecule has 0 saturated heterocycles. The second-order valence-corrected chi connectivity index (χ2v) is 3.90. The minimum absolute atomic E-state index is 0.0561. The van der Waals surface area contributed by atoms with Gasteiger partial charge < -0.3 is 0 Å². The van der Waals surface area contributed by atoms with Crippen LogP contribution >= 0.6 is 0 Å². The van der Waals surface area contributed by atoms with Crippen molar-refractivity contribution in [2.24, 2.45) is 17.2 Å². The monoisotopic (exact) mass is 154 g/mol. The Hall–Kier alpha value is -0.570. The smallest absolute Gasteiger partial charge is 0.240 e. The molecule has 0 aromatic carbocycles. The predicted molar refractivity (Wildman–Crippen MR) is 41.3 cm³/mol. The van der Waals surface area contributed by atoms with Crippen LogP contribution < -0.4 is 11.3 Å². The summed E-state index contributed by atoms with van der Waals surface area (Å²) in [5.41, 5.74) is 2.23. The molecule has 3 heteroatoms. The lowest BCUT2D eigenvalue weighted by Gasteiger charge is -2.23. The van der Waals surface area contributed by atoms with Gasteiger partial charge in [-0.1, -0.05) is 0 Å². The van der Waals surface area contributed by atoms with Gasteiger partial charge in [-0.05, 0) is 38.0 Å².